The maximum absolute atomic E-state index is 9.60. The first-order valence-corrected chi connectivity index (χ1v) is 1.69. The van der Waals surface area contributed by atoms with E-state index in [0.717, 1.165) is 0 Å². The van der Waals surface area contributed by atoms with Gasteiger partial charge in [0.05, 0.1) is 6.61 Å². The van der Waals surface area contributed by atoms with Crippen LogP contribution in [-0.4, -0.2) is 12.7 Å². The number of carbonyl (C=O) groups excluding carboxylic acids is 1. The quantitative estimate of drug-likeness (QED) is 0.521. The van der Waals surface area contributed by atoms with Crippen LogP contribution in [0.3, 0.4) is 0 Å². The number of ether oxygens (including phenoxy) is 1. The van der Waals surface area contributed by atoms with Gasteiger partial charge in [-0.15, -0.1) is 0 Å². The molecule has 4 heteroatoms. The Morgan fingerprint density at radius 1 is 1.86 bits per heavy atom. The molecule has 0 radical (unpaired) electrons. The van der Waals surface area contributed by atoms with Crippen LogP contribution in [0.4, 0.5) is 4.79 Å². The Hall–Kier alpha value is -0.0157. The molecule has 0 aliphatic heterocycles. The standard InChI is InChI=1S/C3H7NO2.Ti/c1-2-6-3(4)5;/h2H2,1H3,(H2,4,5);. The number of carbonyl (C=O) groups is 1. The third kappa shape index (κ3) is 10.7. The first-order valence-electron chi connectivity index (χ1n) is 1.69. The van der Waals surface area contributed by atoms with Gasteiger partial charge in [0.1, 0.15) is 0 Å². The van der Waals surface area contributed by atoms with Crippen LogP contribution < -0.4 is 5.73 Å². The topological polar surface area (TPSA) is 52.3 Å². The van der Waals surface area contributed by atoms with Crippen LogP contribution in [0, 0.1) is 0 Å². The van der Waals surface area contributed by atoms with Crippen LogP contribution in [0.5, 0.6) is 0 Å². The summed E-state index contributed by atoms with van der Waals surface area (Å²) >= 11 is 0. The first-order chi connectivity index (χ1) is 2.77. The van der Waals surface area contributed by atoms with Crippen molar-refractivity contribution in [2.24, 2.45) is 5.73 Å². The van der Waals surface area contributed by atoms with Crippen molar-refractivity contribution in [1.82, 2.24) is 0 Å². The van der Waals surface area contributed by atoms with E-state index in [4.69, 9.17) is 0 Å². The molecule has 0 aromatic heterocycles. The summed E-state index contributed by atoms with van der Waals surface area (Å²) in [5, 5.41) is 0. The molecule has 0 aromatic rings. The van der Waals surface area contributed by atoms with Crippen molar-refractivity contribution in [3.8, 4) is 0 Å². The van der Waals surface area contributed by atoms with Crippen molar-refractivity contribution in [2.45, 2.75) is 6.92 Å². The number of rotatable bonds is 1. The monoisotopic (exact) mass is 137 g/mol. The summed E-state index contributed by atoms with van der Waals surface area (Å²) in [4.78, 5) is 9.60. The van der Waals surface area contributed by atoms with Gasteiger partial charge >= 0.3 is 6.09 Å². The van der Waals surface area contributed by atoms with Gasteiger partial charge in [0.25, 0.3) is 0 Å². The molecule has 0 fully saturated rings. The number of nitrogens with two attached hydrogens (primary N) is 1. The third-order valence-corrected chi connectivity index (χ3v) is 0.287. The van der Waals surface area contributed by atoms with E-state index in [1.165, 1.54) is 0 Å². The van der Waals surface area contributed by atoms with Crippen LogP contribution >= 0.6 is 0 Å². The molecular weight excluding hydrogens is 130 g/mol. The molecule has 1 amide bonds. The molecule has 0 spiro atoms. The largest absolute Gasteiger partial charge is 0.450 e. The van der Waals surface area contributed by atoms with E-state index in [1.807, 2.05) is 0 Å². The van der Waals surface area contributed by atoms with Gasteiger partial charge in [-0.25, -0.2) is 4.79 Å². The summed E-state index contributed by atoms with van der Waals surface area (Å²) < 4.78 is 4.18. The molecule has 0 bridgehead atoms. The minimum absolute atomic E-state index is 0. The van der Waals surface area contributed by atoms with Gasteiger partial charge in [-0.2, -0.15) is 0 Å². The normalized spacial score (nSPS) is 6.43. The Kier molecular flexibility index (Phi) is 8.61. The smallest absolute Gasteiger partial charge is 0.404 e. The van der Waals surface area contributed by atoms with Gasteiger partial charge < -0.3 is 10.5 Å². The maximum atomic E-state index is 9.60. The van der Waals surface area contributed by atoms with E-state index in [0.29, 0.717) is 6.61 Å². The molecule has 0 saturated carbocycles. The zero-order valence-electron chi connectivity index (χ0n) is 4.10. The summed E-state index contributed by atoms with van der Waals surface area (Å²) in [6.45, 7) is 2.06. The third-order valence-electron chi connectivity index (χ3n) is 0.287. The Balaban J connectivity index is 0. The minimum Gasteiger partial charge on any atom is -0.450 e. The van der Waals surface area contributed by atoms with Gasteiger partial charge in [0.2, 0.25) is 0 Å². The van der Waals surface area contributed by atoms with E-state index in [2.05, 4.69) is 10.5 Å². The molecule has 0 unspecified atom stereocenters. The minimum atomic E-state index is -0.711. The number of amides is 1. The molecule has 0 aliphatic carbocycles. The molecule has 40 valence electrons. The Bertz CT molecular complexity index is 56.9. The van der Waals surface area contributed by atoms with Crippen LogP contribution in [0.15, 0.2) is 0 Å². The van der Waals surface area contributed by atoms with Crippen LogP contribution in [-0.2, 0) is 26.5 Å². The van der Waals surface area contributed by atoms with Gasteiger partial charge in [0, 0.05) is 21.7 Å². The maximum Gasteiger partial charge on any atom is 0.404 e. The van der Waals surface area contributed by atoms with Crippen LogP contribution in [0.1, 0.15) is 6.92 Å². The van der Waals surface area contributed by atoms with Crippen molar-refractivity contribution in [3.63, 3.8) is 0 Å². The summed E-state index contributed by atoms with van der Waals surface area (Å²) in [5.41, 5.74) is 4.54. The zero-order valence-corrected chi connectivity index (χ0v) is 5.66. The van der Waals surface area contributed by atoms with Crippen molar-refractivity contribution < 1.29 is 31.2 Å². The number of primary amides is 1. The summed E-state index contributed by atoms with van der Waals surface area (Å²) in [7, 11) is 0. The first kappa shape index (κ1) is 10.1. The van der Waals surface area contributed by atoms with Crippen LogP contribution in [0.2, 0.25) is 0 Å². The molecule has 2 N–H and O–H groups in total. The molecule has 7 heavy (non-hydrogen) atoms. The molecule has 0 heterocycles. The molecule has 0 saturated heterocycles. The van der Waals surface area contributed by atoms with E-state index in [1.54, 1.807) is 6.92 Å². The molecule has 0 atom stereocenters. The number of hydrogen-bond donors (Lipinski definition) is 1. The van der Waals surface area contributed by atoms with E-state index < -0.39 is 6.09 Å². The van der Waals surface area contributed by atoms with Gasteiger partial charge in [-0.1, -0.05) is 0 Å². The van der Waals surface area contributed by atoms with Crippen molar-refractivity contribution in [3.05, 3.63) is 0 Å². The van der Waals surface area contributed by atoms with Crippen molar-refractivity contribution >= 4 is 6.09 Å². The van der Waals surface area contributed by atoms with Crippen molar-refractivity contribution in [1.29, 1.82) is 0 Å². The average molecular weight is 137 g/mol. The Morgan fingerprint density at radius 3 is 2.29 bits per heavy atom. The predicted molar refractivity (Wildman–Crippen MR) is 21.2 cm³/mol. The van der Waals surface area contributed by atoms with E-state index >= 15 is 0 Å². The van der Waals surface area contributed by atoms with Gasteiger partial charge in [0.15, 0.2) is 0 Å². The molecule has 0 aromatic carbocycles. The Labute approximate surface area is 57.1 Å². The van der Waals surface area contributed by atoms with E-state index in [-0.39, 0.29) is 21.7 Å². The summed E-state index contributed by atoms with van der Waals surface area (Å²) in [6.07, 6.45) is -0.711. The van der Waals surface area contributed by atoms with Gasteiger partial charge in [-0.05, 0) is 6.92 Å². The second kappa shape index (κ2) is 5.98. The fraction of sp³-hybridized carbons (Fsp3) is 0.667. The zero-order chi connectivity index (χ0) is 4.99. The molecule has 0 aliphatic rings. The fourth-order valence-corrected chi connectivity index (χ4v) is 0.142. The average Bonchev–Trinajstić information content (AvgIpc) is 1.35. The van der Waals surface area contributed by atoms with Crippen LogP contribution in [0.25, 0.3) is 0 Å². The van der Waals surface area contributed by atoms with E-state index in [9.17, 15) is 4.79 Å². The molecular formula is C3H7NO2Ti. The summed E-state index contributed by atoms with van der Waals surface area (Å²) in [6, 6.07) is 0. The second-order valence-electron chi connectivity index (χ2n) is 0.752. The molecule has 3 nitrogen and oxygen atoms in total. The SMILES string of the molecule is CCOC(N)=O.[Ti]. The fourth-order valence-electron chi connectivity index (χ4n) is 0.142. The van der Waals surface area contributed by atoms with Crippen molar-refractivity contribution in [2.75, 3.05) is 6.61 Å². The second-order valence-corrected chi connectivity index (χ2v) is 0.752. The van der Waals surface area contributed by atoms with Gasteiger partial charge in [-0.3, -0.25) is 0 Å². The Morgan fingerprint density at radius 2 is 2.29 bits per heavy atom. The number of hydrogen-bond acceptors (Lipinski definition) is 2. The summed E-state index contributed by atoms with van der Waals surface area (Å²) in [5.74, 6) is 0. The predicted octanol–water partition coefficient (Wildman–Crippen LogP) is 0.0991. The molecule has 0 rings (SSSR count).